The van der Waals surface area contributed by atoms with E-state index in [9.17, 15) is 9.18 Å². The number of benzene rings is 1. The van der Waals surface area contributed by atoms with Crippen LogP contribution in [0, 0.1) is 11.2 Å². The molecule has 1 aromatic carbocycles. The molecule has 0 atom stereocenters. The van der Waals surface area contributed by atoms with Gasteiger partial charge in [-0.3, -0.25) is 4.79 Å². The Kier molecular flexibility index (Phi) is 4.00. The van der Waals surface area contributed by atoms with E-state index in [1.807, 2.05) is 0 Å². The highest BCUT2D eigenvalue weighted by atomic mass is 19.1. The van der Waals surface area contributed by atoms with E-state index in [0.29, 0.717) is 5.75 Å². The summed E-state index contributed by atoms with van der Waals surface area (Å²) in [6.45, 7) is 3.57. The summed E-state index contributed by atoms with van der Waals surface area (Å²) in [4.78, 5) is 11.1. The zero-order valence-corrected chi connectivity index (χ0v) is 10.7. The van der Waals surface area contributed by atoms with Crippen molar-refractivity contribution < 1.29 is 13.9 Å². The van der Waals surface area contributed by atoms with E-state index in [-0.39, 0.29) is 17.9 Å². The number of hydrogen-bond acceptors (Lipinski definition) is 4. The molecule has 100 valence electrons. The fourth-order valence-electron chi connectivity index (χ4n) is 1.28. The fourth-order valence-corrected chi connectivity index (χ4v) is 1.28. The van der Waals surface area contributed by atoms with Crippen LogP contribution >= 0.6 is 0 Å². The summed E-state index contributed by atoms with van der Waals surface area (Å²) in [6.07, 6.45) is 0. The fraction of sp³-hybridized carbons (Fsp3) is 0.417. The number of amides is 1. The van der Waals surface area contributed by atoms with E-state index in [4.69, 9.17) is 16.2 Å². The van der Waals surface area contributed by atoms with Crippen molar-refractivity contribution in [3.63, 3.8) is 0 Å². The molecule has 0 aromatic heterocycles. The second-order valence-corrected chi connectivity index (χ2v) is 4.68. The highest BCUT2D eigenvalue weighted by molar-refractivity contribution is 5.80. The van der Waals surface area contributed by atoms with Gasteiger partial charge in [0.25, 0.3) is 0 Å². The quantitative estimate of drug-likeness (QED) is 0.692. The highest BCUT2D eigenvalue weighted by Crippen LogP contribution is 2.29. The van der Waals surface area contributed by atoms with Crippen molar-refractivity contribution in [2.24, 2.45) is 11.1 Å². The minimum atomic E-state index is -0.777. The van der Waals surface area contributed by atoms with Gasteiger partial charge in [0.05, 0.1) is 23.9 Å². The Hall–Kier alpha value is -1.98. The molecule has 6 heteroatoms. The first-order valence-electron chi connectivity index (χ1n) is 5.44. The van der Waals surface area contributed by atoms with E-state index in [1.54, 1.807) is 13.8 Å². The zero-order valence-electron chi connectivity index (χ0n) is 10.7. The maximum absolute atomic E-state index is 13.6. The molecule has 0 bridgehead atoms. The number of carbonyl (C=O) groups is 1. The number of anilines is 2. The number of nitrogens with two attached hydrogens (primary N) is 2. The van der Waals surface area contributed by atoms with Gasteiger partial charge in [-0.1, -0.05) is 0 Å². The van der Waals surface area contributed by atoms with Crippen LogP contribution in [-0.2, 0) is 4.79 Å². The van der Waals surface area contributed by atoms with E-state index < -0.39 is 17.1 Å². The molecule has 0 fully saturated rings. The van der Waals surface area contributed by atoms with E-state index in [0.717, 1.165) is 0 Å². The van der Waals surface area contributed by atoms with Crippen molar-refractivity contribution >= 4 is 17.3 Å². The van der Waals surface area contributed by atoms with Gasteiger partial charge in [-0.25, -0.2) is 4.39 Å². The Morgan fingerprint density at radius 3 is 2.61 bits per heavy atom. The predicted molar refractivity (Wildman–Crippen MR) is 68.8 cm³/mol. The summed E-state index contributed by atoms with van der Waals surface area (Å²) in [5.74, 6) is -0.595. The number of carbonyl (C=O) groups excluding carboxylic acids is 1. The lowest BCUT2D eigenvalue weighted by Crippen LogP contribution is -2.37. The van der Waals surface area contributed by atoms with Crippen LogP contribution in [-0.4, -0.2) is 19.6 Å². The molecule has 18 heavy (non-hydrogen) atoms. The number of halogens is 1. The molecule has 0 spiro atoms. The van der Waals surface area contributed by atoms with Crippen LogP contribution in [0.4, 0.5) is 15.8 Å². The lowest BCUT2D eigenvalue weighted by Gasteiger charge is -2.22. The van der Waals surface area contributed by atoms with Crippen molar-refractivity contribution in [3.05, 3.63) is 17.9 Å². The van der Waals surface area contributed by atoms with Crippen molar-refractivity contribution in [1.82, 2.24) is 0 Å². The third-order valence-electron chi connectivity index (χ3n) is 2.71. The second kappa shape index (κ2) is 5.12. The second-order valence-electron chi connectivity index (χ2n) is 4.68. The molecule has 5 nitrogen and oxygen atoms in total. The molecular formula is C12H18FN3O2. The number of primary amides is 1. The highest BCUT2D eigenvalue weighted by Gasteiger charge is 2.25. The maximum atomic E-state index is 13.6. The summed E-state index contributed by atoms with van der Waals surface area (Å²) < 4.78 is 18.6. The molecule has 0 aliphatic heterocycles. The lowest BCUT2D eigenvalue weighted by atomic mass is 9.92. The molecule has 0 heterocycles. The van der Waals surface area contributed by atoms with Crippen LogP contribution in [0.1, 0.15) is 13.8 Å². The van der Waals surface area contributed by atoms with E-state index in [2.05, 4.69) is 5.32 Å². The van der Waals surface area contributed by atoms with Crippen molar-refractivity contribution in [3.8, 4) is 5.75 Å². The minimum absolute atomic E-state index is 0.215. The number of nitrogens with one attached hydrogen (secondary N) is 1. The topological polar surface area (TPSA) is 90.4 Å². The number of rotatable bonds is 5. The van der Waals surface area contributed by atoms with Crippen LogP contribution in [0.5, 0.6) is 5.75 Å². The minimum Gasteiger partial charge on any atom is -0.495 e. The van der Waals surface area contributed by atoms with Crippen LogP contribution in [0.3, 0.4) is 0 Å². The van der Waals surface area contributed by atoms with Crippen LogP contribution in [0.15, 0.2) is 12.1 Å². The summed E-state index contributed by atoms with van der Waals surface area (Å²) in [6, 6.07) is 2.61. The van der Waals surface area contributed by atoms with Crippen LogP contribution in [0.2, 0.25) is 0 Å². The summed E-state index contributed by atoms with van der Waals surface area (Å²) in [5.41, 5.74) is 10.5. The number of hydrogen-bond donors (Lipinski definition) is 3. The predicted octanol–water partition coefficient (Wildman–Crippen LogP) is 1.34. The van der Waals surface area contributed by atoms with Gasteiger partial charge in [0.1, 0.15) is 11.6 Å². The Balaban J connectivity index is 2.89. The van der Waals surface area contributed by atoms with E-state index in [1.165, 1.54) is 19.2 Å². The first kappa shape index (κ1) is 14.1. The molecule has 0 aliphatic rings. The third-order valence-corrected chi connectivity index (χ3v) is 2.71. The largest absolute Gasteiger partial charge is 0.495 e. The number of nitrogen functional groups attached to an aromatic ring is 1. The Labute approximate surface area is 105 Å². The Morgan fingerprint density at radius 1 is 1.50 bits per heavy atom. The third kappa shape index (κ3) is 3.03. The summed E-state index contributed by atoms with van der Waals surface area (Å²) >= 11 is 0. The van der Waals surface area contributed by atoms with Gasteiger partial charge in [-0.2, -0.15) is 0 Å². The summed E-state index contributed by atoms with van der Waals surface area (Å²) in [5, 5.41) is 2.83. The molecule has 0 aliphatic carbocycles. The first-order valence-corrected chi connectivity index (χ1v) is 5.44. The molecule has 0 saturated carbocycles. The van der Waals surface area contributed by atoms with Gasteiger partial charge < -0.3 is 21.5 Å². The average molecular weight is 255 g/mol. The van der Waals surface area contributed by atoms with E-state index >= 15 is 0 Å². The first-order chi connectivity index (χ1) is 8.27. The van der Waals surface area contributed by atoms with Gasteiger partial charge in [-0.15, -0.1) is 0 Å². The molecule has 1 aromatic rings. The molecule has 5 N–H and O–H groups in total. The van der Waals surface area contributed by atoms with Gasteiger partial charge in [0.2, 0.25) is 5.91 Å². The molecule has 0 radical (unpaired) electrons. The zero-order chi connectivity index (χ0) is 13.9. The molecule has 1 rings (SSSR count). The van der Waals surface area contributed by atoms with Crippen LogP contribution < -0.4 is 21.5 Å². The van der Waals surface area contributed by atoms with Crippen LogP contribution in [0.25, 0.3) is 0 Å². The molecule has 0 saturated heterocycles. The Morgan fingerprint density at radius 2 is 2.11 bits per heavy atom. The maximum Gasteiger partial charge on any atom is 0.224 e. The number of methoxy groups -OCH3 is 1. The van der Waals surface area contributed by atoms with Gasteiger partial charge in [0.15, 0.2) is 0 Å². The number of ether oxygens (including phenoxy) is 1. The van der Waals surface area contributed by atoms with Crippen molar-refractivity contribution in [2.45, 2.75) is 13.8 Å². The molecule has 0 unspecified atom stereocenters. The van der Waals surface area contributed by atoms with Crippen molar-refractivity contribution in [2.75, 3.05) is 24.7 Å². The SMILES string of the molecule is COc1cc(NCC(C)(C)C(N)=O)c(F)cc1N. The molecular weight excluding hydrogens is 237 g/mol. The van der Waals surface area contributed by atoms with Crippen molar-refractivity contribution in [1.29, 1.82) is 0 Å². The standard InChI is InChI=1S/C12H18FN3O2/c1-12(2,11(15)17)6-16-9-5-10(18-3)8(14)4-7(9)13/h4-5,16H,6,14H2,1-3H3,(H2,15,17). The lowest BCUT2D eigenvalue weighted by molar-refractivity contribution is -0.125. The monoisotopic (exact) mass is 255 g/mol. The summed E-state index contributed by atoms with van der Waals surface area (Å²) in [7, 11) is 1.45. The van der Waals surface area contributed by atoms with Gasteiger partial charge in [-0.05, 0) is 13.8 Å². The van der Waals surface area contributed by atoms with Gasteiger partial charge in [0, 0.05) is 18.7 Å². The van der Waals surface area contributed by atoms with Gasteiger partial charge >= 0.3 is 0 Å². The average Bonchev–Trinajstić information content (AvgIpc) is 2.27. The normalized spacial score (nSPS) is 11.1. The molecule has 1 amide bonds. The Bertz CT molecular complexity index is 461. The smallest absolute Gasteiger partial charge is 0.224 e.